The van der Waals surface area contributed by atoms with Gasteiger partial charge < -0.3 is 29.9 Å². The van der Waals surface area contributed by atoms with Crippen LogP contribution < -0.4 is 4.74 Å². The molecule has 186 valence electrons. The van der Waals surface area contributed by atoms with Crippen molar-refractivity contribution in [1.29, 1.82) is 0 Å². The van der Waals surface area contributed by atoms with Crippen LogP contribution in [0.2, 0.25) is 10.0 Å². The highest BCUT2D eigenvalue weighted by Crippen LogP contribution is 2.58. The molecule has 1 aliphatic carbocycles. The molecule has 0 amide bonds. The van der Waals surface area contributed by atoms with Gasteiger partial charge in [0.15, 0.2) is 5.75 Å². The van der Waals surface area contributed by atoms with Crippen molar-refractivity contribution >= 4 is 29.0 Å². The van der Waals surface area contributed by atoms with Crippen LogP contribution in [0.5, 0.6) is 28.7 Å². The van der Waals surface area contributed by atoms with E-state index in [2.05, 4.69) is 0 Å². The number of hydrogen-bond acceptors (Lipinski definition) is 7. The average molecular weight is 529 g/mol. The first-order valence-electron chi connectivity index (χ1n) is 11.3. The molecule has 3 aliphatic rings. The molecule has 0 saturated heterocycles. The Labute approximate surface area is 216 Å². The second-order valence-electron chi connectivity index (χ2n) is 10.3. The number of carbonyl (C=O) groups excluding carboxylic acids is 1. The lowest BCUT2D eigenvalue weighted by Gasteiger charge is -2.46. The van der Waals surface area contributed by atoms with Crippen LogP contribution in [0.1, 0.15) is 76.2 Å². The molecule has 2 aliphatic heterocycles. The van der Waals surface area contributed by atoms with Crippen molar-refractivity contribution in [3.8, 4) is 28.7 Å². The molecule has 0 saturated carbocycles. The second-order valence-corrected chi connectivity index (χ2v) is 11.1. The number of aryl methyl sites for hydroxylation is 1. The summed E-state index contributed by atoms with van der Waals surface area (Å²) in [6.45, 7) is 7.14. The van der Waals surface area contributed by atoms with Crippen molar-refractivity contribution in [3.63, 3.8) is 0 Å². The molecule has 0 fully saturated rings. The van der Waals surface area contributed by atoms with Crippen molar-refractivity contribution in [2.75, 3.05) is 0 Å². The number of rotatable bonds is 0. The molecule has 3 aromatic carbocycles. The third-order valence-electron chi connectivity index (χ3n) is 7.57. The Balaban J connectivity index is 1.67. The zero-order chi connectivity index (χ0) is 26.1. The van der Waals surface area contributed by atoms with E-state index in [9.17, 15) is 25.2 Å². The Bertz CT molecular complexity index is 1560. The van der Waals surface area contributed by atoms with Gasteiger partial charge in [0.2, 0.25) is 11.6 Å². The van der Waals surface area contributed by atoms with Crippen LogP contribution >= 0.6 is 23.2 Å². The van der Waals surface area contributed by atoms with E-state index in [1.807, 2.05) is 19.9 Å². The van der Waals surface area contributed by atoms with E-state index < -0.39 is 28.8 Å². The summed E-state index contributed by atoms with van der Waals surface area (Å²) in [5.74, 6) is -2.65. The SMILES string of the molecule is Cc1cc(O)c(Cl)c2c1C1OC(C)(Cc3cc4c(c(O)c31)C(=O)c1c(O)cc(O)c(Cl)c1C4(C)C)O2. The summed E-state index contributed by atoms with van der Waals surface area (Å²) < 4.78 is 12.4. The first-order chi connectivity index (χ1) is 16.8. The van der Waals surface area contributed by atoms with Crippen molar-refractivity contribution in [1.82, 2.24) is 0 Å². The van der Waals surface area contributed by atoms with Gasteiger partial charge in [-0.2, -0.15) is 0 Å². The number of benzene rings is 3. The zero-order valence-electron chi connectivity index (χ0n) is 19.8. The Morgan fingerprint density at radius 3 is 2.28 bits per heavy atom. The minimum atomic E-state index is -1.15. The first kappa shape index (κ1) is 23.3. The molecule has 9 heteroatoms. The Hall–Kier alpha value is -3.13. The van der Waals surface area contributed by atoms with Crippen molar-refractivity contribution in [2.24, 2.45) is 0 Å². The average Bonchev–Trinajstić information content (AvgIpc) is 2.77. The molecule has 2 unspecified atom stereocenters. The van der Waals surface area contributed by atoms with Crippen LogP contribution in [0.3, 0.4) is 0 Å². The van der Waals surface area contributed by atoms with Crippen LogP contribution in [-0.2, 0) is 16.6 Å². The summed E-state index contributed by atoms with van der Waals surface area (Å²) in [7, 11) is 0. The third kappa shape index (κ3) is 2.76. The largest absolute Gasteiger partial charge is 0.507 e. The van der Waals surface area contributed by atoms with Crippen LogP contribution in [0.15, 0.2) is 18.2 Å². The summed E-state index contributed by atoms with van der Waals surface area (Å²) in [6.07, 6.45) is -0.597. The molecule has 3 aromatic rings. The molecular formula is C27H22Cl2O7. The van der Waals surface area contributed by atoms with Gasteiger partial charge in [-0.3, -0.25) is 4.79 Å². The van der Waals surface area contributed by atoms with Gasteiger partial charge in [-0.25, -0.2) is 0 Å². The number of phenolic OH excluding ortho intramolecular Hbond substituents is 4. The fraction of sp³-hybridized carbons (Fsp3) is 0.296. The highest BCUT2D eigenvalue weighted by molar-refractivity contribution is 6.34. The lowest BCUT2D eigenvalue weighted by molar-refractivity contribution is -0.216. The van der Waals surface area contributed by atoms with E-state index in [1.165, 1.54) is 6.07 Å². The second kappa shape index (κ2) is 7.00. The van der Waals surface area contributed by atoms with Gasteiger partial charge >= 0.3 is 0 Å². The molecule has 36 heavy (non-hydrogen) atoms. The maximum absolute atomic E-state index is 13.8. The van der Waals surface area contributed by atoms with Gasteiger partial charge in [0.1, 0.15) is 34.1 Å². The number of aromatic hydroxyl groups is 4. The monoisotopic (exact) mass is 528 g/mol. The zero-order valence-corrected chi connectivity index (χ0v) is 21.3. The summed E-state index contributed by atoms with van der Waals surface area (Å²) in [5, 5.41) is 42.8. The fourth-order valence-electron chi connectivity index (χ4n) is 5.97. The minimum absolute atomic E-state index is 0.0292. The third-order valence-corrected chi connectivity index (χ3v) is 8.32. The topological polar surface area (TPSA) is 116 Å². The normalized spacial score (nSPS) is 22.7. The summed E-state index contributed by atoms with van der Waals surface area (Å²) in [6, 6.07) is 4.36. The van der Waals surface area contributed by atoms with Crippen LogP contribution in [-0.4, -0.2) is 32.0 Å². The molecular weight excluding hydrogens is 507 g/mol. The van der Waals surface area contributed by atoms with Gasteiger partial charge in [-0.05, 0) is 35.2 Å². The Morgan fingerprint density at radius 2 is 1.58 bits per heavy atom. The molecule has 2 bridgehead atoms. The maximum atomic E-state index is 13.8. The molecule has 0 spiro atoms. The van der Waals surface area contributed by atoms with E-state index in [0.717, 1.165) is 6.07 Å². The van der Waals surface area contributed by atoms with Crippen LogP contribution in [0.4, 0.5) is 0 Å². The van der Waals surface area contributed by atoms with Crippen LogP contribution in [0, 0.1) is 6.92 Å². The van der Waals surface area contributed by atoms with E-state index in [1.54, 1.807) is 13.8 Å². The molecule has 0 aromatic heterocycles. The lowest BCUT2D eigenvalue weighted by Crippen LogP contribution is -2.47. The number of fused-ring (bicyclic) bond motifs is 8. The van der Waals surface area contributed by atoms with Crippen molar-refractivity contribution in [2.45, 2.75) is 51.4 Å². The highest BCUT2D eigenvalue weighted by atomic mass is 35.5. The van der Waals surface area contributed by atoms with Gasteiger partial charge in [-0.15, -0.1) is 0 Å². The quantitative estimate of drug-likeness (QED) is 0.292. The molecule has 6 rings (SSSR count). The Kier molecular flexibility index (Phi) is 4.53. The molecule has 2 atom stereocenters. The van der Waals surface area contributed by atoms with Crippen LogP contribution in [0.25, 0.3) is 0 Å². The molecule has 2 heterocycles. The number of hydrogen-bond donors (Lipinski definition) is 4. The highest BCUT2D eigenvalue weighted by Gasteiger charge is 2.50. The van der Waals surface area contributed by atoms with E-state index in [-0.39, 0.29) is 56.2 Å². The Morgan fingerprint density at radius 1 is 0.917 bits per heavy atom. The number of ketones is 1. The van der Waals surface area contributed by atoms with E-state index in [4.69, 9.17) is 32.7 Å². The summed E-state index contributed by atoms with van der Waals surface area (Å²) >= 11 is 12.8. The fourth-order valence-corrected chi connectivity index (χ4v) is 6.55. The van der Waals surface area contributed by atoms with Gasteiger partial charge in [0.05, 0.1) is 16.1 Å². The number of phenols is 4. The minimum Gasteiger partial charge on any atom is -0.507 e. The number of ether oxygens (including phenoxy) is 2. The van der Waals surface area contributed by atoms with Gasteiger partial charge in [-0.1, -0.05) is 43.1 Å². The predicted octanol–water partition coefficient (Wildman–Crippen LogP) is 5.77. The predicted molar refractivity (Wildman–Crippen MR) is 132 cm³/mol. The van der Waals surface area contributed by atoms with Crippen molar-refractivity contribution < 1.29 is 34.7 Å². The van der Waals surface area contributed by atoms with Crippen molar-refractivity contribution in [3.05, 3.63) is 72.8 Å². The standard InChI is InChI=1S/C27H22Cl2O7/c1-9-5-13(31)21(29)25-15(9)24-16-10(8-27(4,35-24)36-25)6-11-17(22(16)33)23(34)18-12(30)7-14(32)20(28)19(18)26(11,2)3/h5-7,24,30-33H,8H2,1-4H3. The van der Waals surface area contributed by atoms with Gasteiger partial charge in [0, 0.05) is 36.0 Å². The van der Waals surface area contributed by atoms with E-state index in [0.29, 0.717) is 27.8 Å². The summed E-state index contributed by atoms with van der Waals surface area (Å²) in [5.41, 5.74) is 2.11. The summed E-state index contributed by atoms with van der Waals surface area (Å²) in [4.78, 5) is 13.8. The number of halogens is 2. The molecule has 7 nitrogen and oxygen atoms in total. The molecule has 4 N–H and O–H groups in total. The van der Waals surface area contributed by atoms with Gasteiger partial charge in [0.25, 0.3) is 0 Å². The lowest BCUT2D eigenvalue weighted by atomic mass is 9.66. The smallest absolute Gasteiger partial charge is 0.212 e. The first-order valence-corrected chi connectivity index (χ1v) is 12.1. The van der Waals surface area contributed by atoms with E-state index >= 15 is 0 Å². The number of carbonyl (C=O) groups is 1. The maximum Gasteiger partial charge on any atom is 0.212 e. The molecule has 0 radical (unpaired) electrons.